The van der Waals surface area contributed by atoms with E-state index in [1.165, 1.54) is 19.3 Å². The van der Waals surface area contributed by atoms with E-state index in [1.54, 1.807) is 0 Å². The summed E-state index contributed by atoms with van der Waals surface area (Å²) in [5.41, 5.74) is 5.98. The molecule has 2 aliphatic rings. The van der Waals surface area contributed by atoms with Gasteiger partial charge in [-0.3, -0.25) is 9.59 Å². The quantitative estimate of drug-likeness (QED) is 0.861. The summed E-state index contributed by atoms with van der Waals surface area (Å²) in [6.07, 6.45) is 5.67. The summed E-state index contributed by atoms with van der Waals surface area (Å²) in [6, 6.07) is -0.348. The molecule has 2 rings (SSSR count). The van der Waals surface area contributed by atoms with Crippen LogP contribution in [0.2, 0.25) is 0 Å². The summed E-state index contributed by atoms with van der Waals surface area (Å²) in [5.74, 6) is 0.667. The van der Waals surface area contributed by atoms with Crippen molar-refractivity contribution in [1.82, 2.24) is 9.80 Å². The molecule has 126 valence electrons. The number of nitrogens with two attached hydrogens (primary N) is 1. The van der Waals surface area contributed by atoms with Crippen LogP contribution in [0.4, 0.5) is 0 Å². The summed E-state index contributed by atoms with van der Waals surface area (Å²) in [4.78, 5) is 28.9. The number of amides is 2. The van der Waals surface area contributed by atoms with Crippen LogP contribution in [0.15, 0.2) is 0 Å². The molecule has 1 aliphatic heterocycles. The second-order valence-electron chi connectivity index (χ2n) is 7.27. The molecule has 0 radical (unpaired) electrons. The highest BCUT2D eigenvalue weighted by Gasteiger charge is 2.35. The summed E-state index contributed by atoms with van der Waals surface area (Å²) < 4.78 is 0. The van der Waals surface area contributed by atoms with E-state index < -0.39 is 6.04 Å². The van der Waals surface area contributed by atoms with Crippen LogP contribution in [0.25, 0.3) is 0 Å². The average Bonchev–Trinajstić information content (AvgIpc) is 2.53. The average molecular weight is 309 g/mol. The van der Waals surface area contributed by atoms with Crippen molar-refractivity contribution in [3.63, 3.8) is 0 Å². The molecule has 0 aromatic carbocycles. The van der Waals surface area contributed by atoms with Gasteiger partial charge in [-0.2, -0.15) is 0 Å². The fourth-order valence-corrected chi connectivity index (χ4v) is 3.57. The largest absolute Gasteiger partial charge is 0.338 e. The first kappa shape index (κ1) is 17.3. The highest BCUT2D eigenvalue weighted by molar-refractivity contribution is 5.83. The number of rotatable bonds is 3. The first-order valence-corrected chi connectivity index (χ1v) is 8.76. The monoisotopic (exact) mass is 309 g/mol. The standard InChI is InChI=1S/C17H31N3O2/c1-12(2)15(18)17(22)19-9-10-20(13(3)11-19)16(21)14-7-5-4-6-8-14/h12-15H,4-11,18H2,1-3H3. The Morgan fingerprint density at radius 2 is 1.73 bits per heavy atom. The Labute approximate surface area is 134 Å². The van der Waals surface area contributed by atoms with E-state index >= 15 is 0 Å². The summed E-state index contributed by atoms with van der Waals surface area (Å²) in [7, 11) is 0. The molecular formula is C17H31N3O2. The third-order valence-corrected chi connectivity index (χ3v) is 5.18. The molecule has 5 nitrogen and oxygen atoms in total. The van der Waals surface area contributed by atoms with E-state index in [2.05, 4.69) is 0 Å². The van der Waals surface area contributed by atoms with Gasteiger partial charge in [-0.05, 0) is 25.7 Å². The number of piperazine rings is 1. The molecule has 1 heterocycles. The Kier molecular flexibility index (Phi) is 5.84. The Morgan fingerprint density at radius 1 is 1.09 bits per heavy atom. The van der Waals surface area contributed by atoms with E-state index in [-0.39, 0.29) is 23.8 Å². The molecule has 2 amide bonds. The first-order valence-electron chi connectivity index (χ1n) is 8.76. The van der Waals surface area contributed by atoms with Crippen LogP contribution < -0.4 is 5.73 Å². The van der Waals surface area contributed by atoms with Crippen molar-refractivity contribution < 1.29 is 9.59 Å². The van der Waals surface area contributed by atoms with Crippen molar-refractivity contribution in [2.45, 2.75) is 65.0 Å². The van der Waals surface area contributed by atoms with Gasteiger partial charge in [-0.1, -0.05) is 33.1 Å². The van der Waals surface area contributed by atoms with Crippen LogP contribution >= 0.6 is 0 Å². The van der Waals surface area contributed by atoms with Crippen molar-refractivity contribution in [3.8, 4) is 0 Å². The SMILES string of the molecule is CC(C)C(N)C(=O)N1CCN(C(=O)C2CCCCC2)C(C)C1. The fourth-order valence-electron chi connectivity index (χ4n) is 3.57. The number of nitrogens with zero attached hydrogens (tertiary/aromatic N) is 2. The van der Waals surface area contributed by atoms with Crippen LogP contribution in [0.5, 0.6) is 0 Å². The zero-order valence-corrected chi connectivity index (χ0v) is 14.3. The second kappa shape index (κ2) is 7.44. The van der Waals surface area contributed by atoms with Gasteiger partial charge >= 0.3 is 0 Å². The number of hydrogen-bond acceptors (Lipinski definition) is 3. The molecule has 1 aliphatic carbocycles. The molecule has 0 aromatic heterocycles. The van der Waals surface area contributed by atoms with E-state index in [1.807, 2.05) is 30.6 Å². The number of carbonyl (C=O) groups excluding carboxylic acids is 2. The van der Waals surface area contributed by atoms with Crippen LogP contribution in [0.3, 0.4) is 0 Å². The maximum absolute atomic E-state index is 12.7. The summed E-state index contributed by atoms with van der Waals surface area (Å²) in [6.45, 7) is 7.84. The molecule has 5 heteroatoms. The molecule has 0 aromatic rings. The predicted octanol–water partition coefficient (Wildman–Crippen LogP) is 1.61. The lowest BCUT2D eigenvalue weighted by Gasteiger charge is -2.42. The molecule has 2 unspecified atom stereocenters. The van der Waals surface area contributed by atoms with Gasteiger partial charge in [-0.15, -0.1) is 0 Å². The minimum Gasteiger partial charge on any atom is -0.338 e. The molecule has 2 atom stereocenters. The van der Waals surface area contributed by atoms with Crippen LogP contribution in [0.1, 0.15) is 52.9 Å². The zero-order chi connectivity index (χ0) is 16.3. The van der Waals surface area contributed by atoms with Crippen LogP contribution in [-0.4, -0.2) is 53.3 Å². The molecule has 1 saturated heterocycles. The third kappa shape index (κ3) is 3.80. The van der Waals surface area contributed by atoms with Gasteiger partial charge in [0, 0.05) is 31.6 Å². The second-order valence-corrected chi connectivity index (χ2v) is 7.27. The first-order chi connectivity index (χ1) is 10.4. The van der Waals surface area contributed by atoms with Gasteiger partial charge in [0.15, 0.2) is 0 Å². The fraction of sp³-hybridized carbons (Fsp3) is 0.882. The Bertz CT molecular complexity index is 405. The predicted molar refractivity (Wildman–Crippen MR) is 87.1 cm³/mol. The van der Waals surface area contributed by atoms with Crippen molar-refractivity contribution in [1.29, 1.82) is 0 Å². The maximum Gasteiger partial charge on any atom is 0.239 e. The van der Waals surface area contributed by atoms with E-state index in [0.717, 1.165) is 12.8 Å². The van der Waals surface area contributed by atoms with Gasteiger partial charge < -0.3 is 15.5 Å². The highest BCUT2D eigenvalue weighted by Crippen LogP contribution is 2.27. The van der Waals surface area contributed by atoms with E-state index in [0.29, 0.717) is 25.5 Å². The molecule has 22 heavy (non-hydrogen) atoms. The molecule has 0 bridgehead atoms. The number of carbonyl (C=O) groups is 2. The smallest absolute Gasteiger partial charge is 0.239 e. The van der Waals surface area contributed by atoms with Gasteiger partial charge in [-0.25, -0.2) is 0 Å². The topological polar surface area (TPSA) is 66.6 Å². The van der Waals surface area contributed by atoms with Gasteiger partial charge in [0.25, 0.3) is 0 Å². The molecule has 0 spiro atoms. The van der Waals surface area contributed by atoms with Crippen LogP contribution in [0, 0.1) is 11.8 Å². The molecule has 1 saturated carbocycles. The molecule has 2 N–H and O–H groups in total. The maximum atomic E-state index is 12.7. The third-order valence-electron chi connectivity index (χ3n) is 5.18. The van der Waals surface area contributed by atoms with Gasteiger partial charge in [0.1, 0.15) is 0 Å². The van der Waals surface area contributed by atoms with E-state index in [4.69, 9.17) is 5.73 Å². The van der Waals surface area contributed by atoms with Crippen molar-refractivity contribution in [3.05, 3.63) is 0 Å². The minimum atomic E-state index is -0.437. The Morgan fingerprint density at radius 3 is 2.27 bits per heavy atom. The lowest BCUT2D eigenvalue weighted by molar-refractivity contribution is -0.146. The van der Waals surface area contributed by atoms with Crippen molar-refractivity contribution in [2.75, 3.05) is 19.6 Å². The van der Waals surface area contributed by atoms with Gasteiger partial charge in [0.2, 0.25) is 11.8 Å². The molecule has 2 fully saturated rings. The minimum absolute atomic E-state index is 0.0200. The van der Waals surface area contributed by atoms with Crippen molar-refractivity contribution in [2.24, 2.45) is 17.6 Å². The summed E-state index contributed by atoms with van der Waals surface area (Å²) >= 11 is 0. The lowest BCUT2D eigenvalue weighted by atomic mass is 9.87. The van der Waals surface area contributed by atoms with Crippen molar-refractivity contribution >= 4 is 11.8 Å². The lowest BCUT2D eigenvalue weighted by Crippen LogP contribution is -2.59. The normalized spacial score (nSPS) is 25.4. The Balaban J connectivity index is 1.92. The van der Waals surface area contributed by atoms with Gasteiger partial charge in [0.05, 0.1) is 6.04 Å². The van der Waals surface area contributed by atoms with E-state index in [9.17, 15) is 9.59 Å². The Hall–Kier alpha value is -1.10. The number of hydrogen-bond donors (Lipinski definition) is 1. The summed E-state index contributed by atoms with van der Waals surface area (Å²) in [5, 5.41) is 0. The molecular weight excluding hydrogens is 278 g/mol. The van der Waals surface area contributed by atoms with Crippen LogP contribution in [-0.2, 0) is 9.59 Å². The zero-order valence-electron chi connectivity index (χ0n) is 14.3. The highest BCUT2D eigenvalue weighted by atomic mass is 16.2.